The maximum absolute atomic E-state index is 11.8. The highest BCUT2D eigenvalue weighted by molar-refractivity contribution is 5.67. The van der Waals surface area contributed by atoms with Crippen LogP contribution in [0.15, 0.2) is 30.3 Å². The SMILES string of the molecule is CC1(C)CCc2nnc(CNC(=O)OCc3ccccc3)n2C1. The molecule has 1 aliphatic rings. The van der Waals surface area contributed by atoms with Gasteiger partial charge in [-0.05, 0) is 17.4 Å². The lowest BCUT2D eigenvalue weighted by molar-refractivity contribution is 0.138. The van der Waals surface area contributed by atoms with Gasteiger partial charge in [0.05, 0.1) is 6.54 Å². The quantitative estimate of drug-likeness (QED) is 0.942. The van der Waals surface area contributed by atoms with Gasteiger partial charge in [0.15, 0.2) is 5.82 Å². The Morgan fingerprint density at radius 1 is 1.30 bits per heavy atom. The molecule has 122 valence electrons. The molecule has 0 bridgehead atoms. The highest BCUT2D eigenvalue weighted by Crippen LogP contribution is 2.30. The molecular weight excluding hydrogens is 292 g/mol. The molecule has 0 atom stereocenters. The Morgan fingerprint density at radius 3 is 2.87 bits per heavy atom. The monoisotopic (exact) mass is 314 g/mol. The minimum absolute atomic E-state index is 0.234. The van der Waals surface area contributed by atoms with Crippen LogP contribution >= 0.6 is 0 Å². The van der Waals surface area contributed by atoms with Crippen LogP contribution in [0.1, 0.15) is 37.5 Å². The largest absolute Gasteiger partial charge is 0.445 e. The topological polar surface area (TPSA) is 69.0 Å². The molecule has 3 rings (SSSR count). The minimum Gasteiger partial charge on any atom is -0.445 e. The second-order valence-corrected chi connectivity index (χ2v) is 6.70. The Bertz CT molecular complexity index is 679. The third-order valence-corrected chi connectivity index (χ3v) is 4.12. The van der Waals surface area contributed by atoms with Crippen molar-refractivity contribution >= 4 is 6.09 Å². The zero-order valence-corrected chi connectivity index (χ0v) is 13.6. The average molecular weight is 314 g/mol. The highest BCUT2D eigenvalue weighted by atomic mass is 16.5. The fraction of sp³-hybridized carbons (Fsp3) is 0.471. The molecule has 0 spiro atoms. The van der Waals surface area contributed by atoms with Crippen LogP contribution in [0.25, 0.3) is 0 Å². The maximum Gasteiger partial charge on any atom is 0.407 e. The van der Waals surface area contributed by atoms with Crippen molar-refractivity contribution in [1.29, 1.82) is 0 Å². The summed E-state index contributed by atoms with van der Waals surface area (Å²) in [5, 5.41) is 11.2. The molecule has 0 fully saturated rings. The minimum atomic E-state index is -0.443. The summed E-state index contributed by atoms with van der Waals surface area (Å²) in [6.45, 7) is 5.95. The lowest BCUT2D eigenvalue weighted by atomic mass is 9.85. The second-order valence-electron chi connectivity index (χ2n) is 6.70. The second kappa shape index (κ2) is 6.40. The number of hydrogen-bond acceptors (Lipinski definition) is 4. The van der Waals surface area contributed by atoms with Crippen LogP contribution in [0.3, 0.4) is 0 Å². The Hall–Kier alpha value is -2.37. The summed E-state index contributed by atoms with van der Waals surface area (Å²) in [6, 6.07) is 9.61. The molecule has 0 saturated carbocycles. The summed E-state index contributed by atoms with van der Waals surface area (Å²) in [4.78, 5) is 11.8. The van der Waals surface area contributed by atoms with Gasteiger partial charge in [-0.25, -0.2) is 4.79 Å². The smallest absolute Gasteiger partial charge is 0.407 e. The predicted molar refractivity (Wildman–Crippen MR) is 85.6 cm³/mol. The molecule has 1 amide bonds. The molecule has 1 aromatic carbocycles. The predicted octanol–water partition coefficient (Wildman–Crippen LogP) is 2.68. The molecule has 0 unspecified atom stereocenters. The van der Waals surface area contributed by atoms with Gasteiger partial charge in [-0.3, -0.25) is 0 Å². The van der Waals surface area contributed by atoms with Gasteiger partial charge in [0.25, 0.3) is 0 Å². The number of ether oxygens (including phenoxy) is 1. The van der Waals surface area contributed by atoms with Crippen LogP contribution in [0.2, 0.25) is 0 Å². The van der Waals surface area contributed by atoms with E-state index in [1.54, 1.807) is 0 Å². The molecule has 1 N–H and O–H groups in total. The summed E-state index contributed by atoms with van der Waals surface area (Å²) >= 11 is 0. The molecule has 23 heavy (non-hydrogen) atoms. The van der Waals surface area contributed by atoms with Gasteiger partial charge in [-0.2, -0.15) is 0 Å². The number of nitrogens with zero attached hydrogens (tertiary/aromatic N) is 3. The van der Waals surface area contributed by atoms with Crippen molar-refractivity contribution in [2.24, 2.45) is 5.41 Å². The highest BCUT2D eigenvalue weighted by Gasteiger charge is 2.28. The van der Waals surface area contributed by atoms with Gasteiger partial charge in [0, 0.05) is 13.0 Å². The van der Waals surface area contributed by atoms with Gasteiger partial charge in [0.1, 0.15) is 12.4 Å². The molecule has 0 radical (unpaired) electrons. The zero-order valence-electron chi connectivity index (χ0n) is 13.6. The van der Waals surface area contributed by atoms with Crippen molar-refractivity contribution in [3.8, 4) is 0 Å². The number of amides is 1. The fourth-order valence-electron chi connectivity index (χ4n) is 2.75. The maximum atomic E-state index is 11.8. The van der Waals surface area contributed by atoms with E-state index in [1.165, 1.54) is 0 Å². The number of aromatic nitrogens is 3. The lowest BCUT2D eigenvalue weighted by Gasteiger charge is -2.30. The molecule has 0 aliphatic carbocycles. The zero-order chi connectivity index (χ0) is 16.3. The van der Waals surface area contributed by atoms with Crippen molar-refractivity contribution in [3.63, 3.8) is 0 Å². The summed E-state index contributed by atoms with van der Waals surface area (Å²) in [6.07, 6.45) is 1.59. The lowest BCUT2D eigenvalue weighted by Crippen LogP contribution is -2.31. The number of rotatable bonds is 4. The molecule has 1 aliphatic heterocycles. The van der Waals surface area contributed by atoms with E-state index in [4.69, 9.17) is 4.74 Å². The van der Waals surface area contributed by atoms with Crippen molar-refractivity contribution < 1.29 is 9.53 Å². The number of carbonyl (C=O) groups excluding carboxylic acids is 1. The first kappa shape index (κ1) is 15.5. The number of fused-ring (bicyclic) bond motifs is 1. The molecule has 6 heteroatoms. The normalized spacial score (nSPS) is 15.7. The van der Waals surface area contributed by atoms with E-state index in [2.05, 4.69) is 33.9 Å². The van der Waals surface area contributed by atoms with E-state index < -0.39 is 6.09 Å². The van der Waals surface area contributed by atoms with E-state index >= 15 is 0 Å². The fourth-order valence-corrected chi connectivity index (χ4v) is 2.75. The summed E-state index contributed by atoms with van der Waals surface area (Å²) in [5.41, 5.74) is 1.20. The van der Waals surface area contributed by atoms with Crippen LogP contribution in [-0.4, -0.2) is 20.9 Å². The molecule has 6 nitrogen and oxygen atoms in total. The van der Waals surface area contributed by atoms with Gasteiger partial charge in [0.2, 0.25) is 0 Å². The van der Waals surface area contributed by atoms with Gasteiger partial charge in [-0.15, -0.1) is 10.2 Å². The Labute approximate surface area is 135 Å². The van der Waals surface area contributed by atoms with Crippen molar-refractivity contribution in [2.75, 3.05) is 0 Å². The molecule has 0 saturated heterocycles. The molecule has 2 heterocycles. The number of alkyl carbamates (subject to hydrolysis) is 1. The van der Waals surface area contributed by atoms with Crippen molar-refractivity contribution in [3.05, 3.63) is 47.5 Å². The first-order valence-electron chi connectivity index (χ1n) is 7.89. The van der Waals surface area contributed by atoms with Crippen LogP contribution in [-0.2, 0) is 30.9 Å². The summed E-state index contributed by atoms with van der Waals surface area (Å²) in [5.74, 6) is 1.78. The summed E-state index contributed by atoms with van der Waals surface area (Å²) < 4.78 is 7.32. The van der Waals surface area contributed by atoms with Crippen LogP contribution in [0.4, 0.5) is 4.79 Å². The van der Waals surface area contributed by atoms with Crippen LogP contribution in [0.5, 0.6) is 0 Å². The standard InChI is InChI=1S/C17H22N4O2/c1-17(2)9-8-14-19-20-15(21(14)12-17)10-18-16(22)23-11-13-6-4-3-5-7-13/h3-7H,8-12H2,1-2H3,(H,18,22). The Kier molecular flexibility index (Phi) is 4.32. The molecular formula is C17H22N4O2. The number of carbonyl (C=O) groups is 1. The van der Waals surface area contributed by atoms with Crippen molar-refractivity contribution in [1.82, 2.24) is 20.1 Å². The van der Waals surface area contributed by atoms with Crippen molar-refractivity contribution in [2.45, 2.75) is 46.4 Å². The number of aryl methyl sites for hydroxylation is 1. The first-order chi connectivity index (χ1) is 11.0. The molecule has 1 aromatic heterocycles. The van der Waals surface area contributed by atoms with Gasteiger partial charge in [-0.1, -0.05) is 44.2 Å². The van der Waals surface area contributed by atoms with E-state index in [1.807, 2.05) is 30.3 Å². The Balaban J connectivity index is 1.53. The van der Waals surface area contributed by atoms with Gasteiger partial charge < -0.3 is 14.6 Å². The van der Waals surface area contributed by atoms with Crippen LogP contribution in [0, 0.1) is 5.41 Å². The number of nitrogens with one attached hydrogen (secondary N) is 1. The van der Waals surface area contributed by atoms with E-state index in [0.29, 0.717) is 6.54 Å². The third kappa shape index (κ3) is 3.88. The average Bonchev–Trinajstić information content (AvgIpc) is 2.93. The molecule has 2 aromatic rings. The first-order valence-corrected chi connectivity index (χ1v) is 7.89. The number of benzene rings is 1. The number of hydrogen-bond donors (Lipinski definition) is 1. The summed E-state index contributed by atoms with van der Waals surface area (Å²) in [7, 11) is 0. The van der Waals surface area contributed by atoms with E-state index in [0.717, 1.165) is 36.6 Å². The third-order valence-electron chi connectivity index (χ3n) is 4.12. The van der Waals surface area contributed by atoms with Crippen LogP contribution < -0.4 is 5.32 Å². The van der Waals surface area contributed by atoms with E-state index in [-0.39, 0.29) is 12.0 Å². The van der Waals surface area contributed by atoms with E-state index in [9.17, 15) is 4.79 Å². The van der Waals surface area contributed by atoms with Gasteiger partial charge >= 0.3 is 6.09 Å². The Morgan fingerprint density at radius 2 is 2.09 bits per heavy atom.